The first-order valence-corrected chi connectivity index (χ1v) is 8.50. The van der Waals surface area contributed by atoms with Gasteiger partial charge in [-0.1, -0.05) is 24.3 Å². The third-order valence-corrected chi connectivity index (χ3v) is 3.59. The molecule has 7 nitrogen and oxygen atoms in total. The zero-order valence-corrected chi connectivity index (χ0v) is 15.3. The van der Waals surface area contributed by atoms with Gasteiger partial charge in [0.25, 0.3) is 0 Å². The Kier molecular flexibility index (Phi) is 11.3. The summed E-state index contributed by atoms with van der Waals surface area (Å²) in [6.07, 6.45) is 9.00. The van der Waals surface area contributed by atoms with Crippen LogP contribution in [-0.4, -0.2) is 63.3 Å². The van der Waals surface area contributed by atoms with Gasteiger partial charge in [0.2, 0.25) is 0 Å². The first kappa shape index (κ1) is 21.8. The van der Waals surface area contributed by atoms with Crippen LogP contribution < -0.4 is 0 Å². The van der Waals surface area contributed by atoms with Crippen LogP contribution in [0.3, 0.4) is 0 Å². The number of esters is 1. The molecule has 4 atom stereocenters. The molecule has 0 saturated carbocycles. The molecule has 144 valence electrons. The molecule has 0 saturated heterocycles. The third-order valence-electron chi connectivity index (χ3n) is 3.59. The van der Waals surface area contributed by atoms with Crippen LogP contribution >= 0.6 is 0 Å². The van der Waals surface area contributed by atoms with Gasteiger partial charge in [0.1, 0.15) is 12.9 Å². The summed E-state index contributed by atoms with van der Waals surface area (Å²) in [5.74, 6) is -0.409. The minimum Gasteiger partial charge on any atom is -0.438 e. The van der Waals surface area contributed by atoms with Crippen molar-refractivity contribution in [2.45, 2.75) is 57.0 Å². The number of allylic oxidation sites excluding steroid dienone is 1. The van der Waals surface area contributed by atoms with Crippen molar-refractivity contribution in [2.75, 3.05) is 27.8 Å². The van der Waals surface area contributed by atoms with E-state index in [2.05, 4.69) is 0 Å². The van der Waals surface area contributed by atoms with Gasteiger partial charge in [-0.2, -0.15) is 0 Å². The molecule has 0 aliphatic carbocycles. The Morgan fingerprint density at radius 2 is 2.04 bits per heavy atom. The summed E-state index contributed by atoms with van der Waals surface area (Å²) in [6.45, 7) is 1.81. The number of ether oxygens (including phenoxy) is 5. The van der Waals surface area contributed by atoms with Crippen LogP contribution in [0.25, 0.3) is 0 Å². The molecule has 0 fully saturated rings. The van der Waals surface area contributed by atoms with Gasteiger partial charge >= 0.3 is 5.97 Å². The van der Waals surface area contributed by atoms with Crippen LogP contribution in [0, 0.1) is 0 Å². The quantitative estimate of drug-likeness (QED) is 0.247. The lowest BCUT2D eigenvalue weighted by atomic mass is 10.0. The van der Waals surface area contributed by atoms with E-state index in [1.54, 1.807) is 6.92 Å². The van der Waals surface area contributed by atoms with Gasteiger partial charge in [-0.3, -0.25) is 4.79 Å². The highest BCUT2D eigenvalue weighted by atomic mass is 16.7. The maximum Gasteiger partial charge on any atom is 0.310 e. The Morgan fingerprint density at radius 3 is 2.72 bits per heavy atom. The van der Waals surface area contributed by atoms with Gasteiger partial charge in [-0.25, -0.2) is 0 Å². The largest absolute Gasteiger partial charge is 0.438 e. The first-order valence-electron chi connectivity index (χ1n) is 8.50. The molecule has 0 aromatic heterocycles. The normalized spacial score (nSPS) is 24.6. The summed E-state index contributed by atoms with van der Waals surface area (Å²) in [6, 6.07) is 0. The molecular formula is C18H30O7. The van der Waals surface area contributed by atoms with Crippen LogP contribution in [0.2, 0.25) is 0 Å². The fourth-order valence-electron chi connectivity index (χ4n) is 2.36. The number of hydrogen-bond donors (Lipinski definition) is 1. The van der Waals surface area contributed by atoms with E-state index in [9.17, 15) is 9.90 Å². The predicted molar refractivity (Wildman–Crippen MR) is 91.8 cm³/mol. The van der Waals surface area contributed by atoms with Crippen molar-refractivity contribution in [2.24, 2.45) is 0 Å². The molecule has 0 unspecified atom stereocenters. The second-order valence-corrected chi connectivity index (χ2v) is 5.90. The Bertz CT molecular complexity index is 420. The van der Waals surface area contributed by atoms with Crippen molar-refractivity contribution in [3.63, 3.8) is 0 Å². The van der Waals surface area contributed by atoms with E-state index < -0.39 is 12.1 Å². The van der Waals surface area contributed by atoms with Crippen LogP contribution in [-0.2, 0) is 28.5 Å². The van der Waals surface area contributed by atoms with Crippen LogP contribution in [0.5, 0.6) is 0 Å². The van der Waals surface area contributed by atoms with Crippen LogP contribution in [0.15, 0.2) is 24.3 Å². The highest BCUT2D eigenvalue weighted by Crippen LogP contribution is 2.20. The van der Waals surface area contributed by atoms with Gasteiger partial charge in [0.15, 0.2) is 6.79 Å². The molecule has 25 heavy (non-hydrogen) atoms. The summed E-state index contributed by atoms with van der Waals surface area (Å²) in [5, 5.41) is 9.24. The SMILES string of the molecule is COCOC(=O)C[C@@H]1O[C@@H](/C=C/CCC[C@H](C)O)C=C[C@@H]1OCOC. The smallest absolute Gasteiger partial charge is 0.310 e. The second-order valence-electron chi connectivity index (χ2n) is 5.90. The summed E-state index contributed by atoms with van der Waals surface area (Å²) < 4.78 is 26.0. The van der Waals surface area contributed by atoms with E-state index in [-0.39, 0.29) is 38.3 Å². The fraction of sp³-hybridized carbons (Fsp3) is 0.722. The molecule has 1 aliphatic rings. The maximum absolute atomic E-state index is 11.8. The van der Waals surface area contributed by atoms with Crippen molar-refractivity contribution in [3.05, 3.63) is 24.3 Å². The van der Waals surface area contributed by atoms with Crippen LogP contribution in [0.4, 0.5) is 0 Å². The zero-order chi connectivity index (χ0) is 18.5. The number of rotatable bonds is 12. The van der Waals surface area contributed by atoms with Gasteiger partial charge in [0.05, 0.1) is 24.7 Å². The fourth-order valence-corrected chi connectivity index (χ4v) is 2.36. The summed E-state index contributed by atoms with van der Waals surface area (Å²) in [5.41, 5.74) is 0. The molecule has 1 aliphatic heterocycles. The summed E-state index contributed by atoms with van der Waals surface area (Å²) in [4.78, 5) is 11.8. The molecule has 0 spiro atoms. The number of hydrogen-bond acceptors (Lipinski definition) is 7. The summed E-state index contributed by atoms with van der Waals surface area (Å²) >= 11 is 0. The number of unbranched alkanes of at least 4 members (excludes halogenated alkanes) is 1. The third kappa shape index (κ3) is 9.72. The first-order chi connectivity index (χ1) is 12.1. The maximum atomic E-state index is 11.8. The number of aliphatic hydroxyl groups is 1. The molecule has 1 heterocycles. The topological polar surface area (TPSA) is 83.5 Å². The Balaban J connectivity index is 2.54. The van der Waals surface area contributed by atoms with E-state index in [0.29, 0.717) is 0 Å². The van der Waals surface area contributed by atoms with Gasteiger partial charge in [-0.05, 0) is 26.2 Å². The Morgan fingerprint density at radius 1 is 1.28 bits per heavy atom. The average Bonchev–Trinajstić information content (AvgIpc) is 2.58. The number of carbonyl (C=O) groups is 1. The predicted octanol–water partition coefficient (Wildman–Crippen LogP) is 1.94. The van der Waals surface area contributed by atoms with Gasteiger partial charge in [-0.15, -0.1) is 0 Å². The molecule has 0 bridgehead atoms. The Labute approximate surface area is 149 Å². The molecule has 0 amide bonds. The second kappa shape index (κ2) is 13.0. The molecule has 1 N–H and O–H groups in total. The lowest BCUT2D eigenvalue weighted by Gasteiger charge is -2.30. The molecule has 1 rings (SSSR count). The van der Waals surface area contributed by atoms with E-state index in [1.165, 1.54) is 14.2 Å². The van der Waals surface area contributed by atoms with Crippen molar-refractivity contribution in [3.8, 4) is 0 Å². The van der Waals surface area contributed by atoms with Gasteiger partial charge in [0, 0.05) is 14.2 Å². The van der Waals surface area contributed by atoms with E-state index >= 15 is 0 Å². The van der Waals surface area contributed by atoms with Crippen molar-refractivity contribution in [1.82, 2.24) is 0 Å². The van der Waals surface area contributed by atoms with E-state index in [0.717, 1.165) is 19.3 Å². The standard InChI is InChI=1S/C18H30O7/c1-14(19)7-5-4-6-8-15-9-10-16(23-12-21-2)17(25-15)11-18(20)24-13-22-3/h6,8-10,14-17,19H,4-5,7,11-13H2,1-3H3/b8-6+/t14-,15-,16-,17-/m0/s1. The molecular weight excluding hydrogens is 328 g/mol. The van der Waals surface area contributed by atoms with Crippen molar-refractivity contribution in [1.29, 1.82) is 0 Å². The van der Waals surface area contributed by atoms with Crippen LogP contribution in [0.1, 0.15) is 32.6 Å². The molecule has 7 heteroatoms. The van der Waals surface area contributed by atoms with E-state index in [4.69, 9.17) is 23.7 Å². The van der Waals surface area contributed by atoms with Crippen molar-refractivity contribution < 1.29 is 33.6 Å². The summed E-state index contributed by atoms with van der Waals surface area (Å²) in [7, 11) is 2.99. The minimum atomic E-state index is -0.461. The highest BCUT2D eigenvalue weighted by molar-refractivity contribution is 5.70. The number of carbonyl (C=O) groups excluding carboxylic acids is 1. The van der Waals surface area contributed by atoms with E-state index in [1.807, 2.05) is 24.3 Å². The molecule has 0 aromatic rings. The number of methoxy groups -OCH3 is 2. The lowest BCUT2D eigenvalue weighted by Crippen LogP contribution is -2.38. The average molecular weight is 358 g/mol. The monoisotopic (exact) mass is 358 g/mol. The zero-order valence-electron chi connectivity index (χ0n) is 15.3. The van der Waals surface area contributed by atoms with Crippen molar-refractivity contribution >= 4 is 5.97 Å². The Hall–Kier alpha value is -1.25. The van der Waals surface area contributed by atoms with Gasteiger partial charge < -0.3 is 28.8 Å². The molecule has 0 radical (unpaired) electrons. The lowest BCUT2D eigenvalue weighted by molar-refractivity contribution is -0.164. The number of aliphatic hydroxyl groups excluding tert-OH is 1. The minimum absolute atomic E-state index is 0.0639. The molecule has 0 aromatic carbocycles. The highest BCUT2D eigenvalue weighted by Gasteiger charge is 2.29.